The Morgan fingerprint density at radius 2 is 1.68 bits per heavy atom. The number of unbranched alkanes of at least 4 members (excludes halogenated alkanes) is 1. The molecule has 2 N–H and O–H groups in total. The van der Waals surface area contributed by atoms with Crippen LogP contribution in [0.15, 0.2) is 71.9 Å². The Bertz CT molecular complexity index is 1610. The zero-order chi connectivity index (χ0) is 27.5. The van der Waals surface area contributed by atoms with Crippen LogP contribution in [0.1, 0.15) is 24.8 Å². The molecule has 0 atom stereocenters. The molecule has 0 aliphatic carbocycles. The molecule has 38 heavy (non-hydrogen) atoms. The van der Waals surface area contributed by atoms with Gasteiger partial charge >= 0.3 is 6.18 Å². The second-order valence-corrected chi connectivity index (χ2v) is 10.5. The number of amides is 1. The van der Waals surface area contributed by atoms with Crippen molar-refractivity contribution < 1.29 is 35.5 Å². The molecule has 198 valence electrons. The van der Waals surface area contributed by atoms with Crippen LogP contribution >= 0.6 is 0 Å². The van der Waals surface area contributed by atoms with Crippen LogP contribution < -0.4 is 10.5 Å². The van der Waals surface area contributed by atoms with Crippen LogP contribution in [0.2, 0.25) is 0 Å². The average molecular weight is 548 g/mol. The van der Waals surface area contributed by atoms with Crippen molar-refractivity contribution in [1.82, 2.24) is 9.97 Å². The third kappa shape index (κ3) is 6.08. The molecule has 0 saturated carbocycles. The number of carbonyl (C=O) groups excluding carboxylic acids is 1. The first-order valence-electron chi connectivity index (χ1n) is 11.4. The van der Waals surface area contributed by atoms with Gasteiger partial charge < -0.3 is 10.5 Å². The zero-order valence-electron chi connectivity index (χ0n) is 19.7. The Morgan fingerprint density at radius 1 is 0.947 bits per heavy atom. The summed E-state index contributed by atoms with van der Waals surface area (Å²) in [7, 11) is -3.67. The van der Waals surface area contributed by atoms with Gasteiger partial charge in [-0.3, -0.25) is 4.79 Å². The molecule has 1 aromatic heterocycles. The Labute approximate surface area is 215 Å². The van der Waals surface area contributed by atoms with Gasteiger partial charge in [-0.15, -0.1) is 0 Å². The van der Waals surface area contributed by atoms with Crippen LogP contribution in [0, 0.1) is 5.82 Å². The Morgan fingerprint density at radius 3 is 2.42 bits per heavy atom. The van der Waals surface area contributed by atoms with E-state index in [9.17, 15) is 30.8 Å². The van der Waals surface area contributed by atoms with E-state index in [1.54, 1.807) is 0 Å². The quantitative estimate of drug-likeness (QED) is 0.213. The minimum absolute atomic E-state index is 0.00196. The predicted molar refractivity (Wildman–Crippen MR) is 132 cm³/mol. The molecule has 4 aromatic rings. The highest BCUT2D eigenvalue weighted by Gasteiger charge is 2.33. The maximum atomic E-state index is 14.8. The van der Waals surface area contributed by atoms with Crippen molar-refractivity contribution in [2.45, 2.75) is 30.3 Å². The largest absolute Gasteiger partial charge is 0.457 e. The number of para-hydroxylation sites is 1. The van der Waals surface area contributed by atoms with E-state index in [1.807, 2.05) is 0 Å². The highest BCUT2D eigenvalue weighted by molar-refractivity contribution is 7.91. The number of nitrogens with two attached hydrogens (primary N) is 1. The molecular formula is C26H21F4N3O4S. The summed E-state index contributed by atoms with van der Waals surface area (Å²) in [6, 6.07) is 12.8. The SMILES string of the molecule is NC(=O)CCCCS(=O)(=O)c1cccc(Oc2ccc(F)c(-c3ncnc4c(C(F)(F)F)cccc34)c2)c1. The van der Waals surface area contributed by atoms with E-state index in [-0.39, 0.29) is 57.1 Å². The van der Waals surface area contributed by atoms with Crippen molar-refractivity contribution in [3.63, 3.8) is 0 Å². The van der Waals surface area contributed by atoms with Gasteiger partial charge in [0.05, 0.1) is 27.4 Å². The van der Waals surface area contributed by atoms with Crippen molar-refractivity contribution in [2.75, 3.05) is 5.75 Å². The fraction of sp³-hybridized carbons (Fsp3) is 0.192. The van der Waals surface area contributed by atoms with Gasteiger partial charge in [0.2, 0.25) is 5.91 Å². The number of hydrogen-bond acceptors (Lipinski definition) is 6. The first-order valence-corrected chi connectivity index (χ1v) is 13.0. The molecule has 0 saturated heterocycles. The van der Waals surface area contributed by atoms with Gasteiger partial charge in [0.15, 0.2) is 9.84 Å². The van der Waals surface area contributed by atoms with Gasteiger partial charge in [-0.2, -0.15) is 13.2 Å². The van der Waals surface area contributed by atoms with Gasteiger partial charge in [0, 0.05) is 17.4 Å². The number of ether oxygens (including phenoxy) is 1. The number of aromatic nitrogens is 2. The average Bonchev–Trinajstić information content (AvgIpc) is 2.86. The van der Waals surface area contributed by atoms with Crippen molar-refractivity contribution in [1.29, 1.82) is 0 Å². The topological polar surface area (TPSA) is 112 Å². The number of primary amides is 1. The van der Waals surface area contributed by atoms with Crippen LogP contribution in [0.4, 0.5) is 17.6 Å². The van der Waals surface area contributed by atoms with Crippen molar-refractivity contribution in [3.05, 3.63) is 78.4 Å². The lowest BCUT2D eigenvalue weighted by atomic mass is 10.0. The maximum Gasteiger partial charge on any atom is 0.418 e. The summed E-state index contributed by atoms with van der Waals surface area (Å²) in [5.74, 6) is -1.19. The molecule has 0 unspecified atom stereocenters. The number of alkyl halides is 3. The number of benzene rings is 3. The fourth-order valence-electron chi connectivity index (χ4n) is 3.86. The number of halogens is 4. The minimum atomic E-state index is -4.66. The molecule has 3 aromatic carbocycles. The Hall–Kier alpha value is -4.06. The van der Waals surface area contributed by atoms with E-state index < -0.39 is 33.3 Å². The van der Waals surface area contributed by atoms with Gasteiger partial charge in [0.25, 0.3) is 0 Å². The van der Waals surface area contributed by atoms with Gasteiger partial charge in [-0.05, 0) is 55.3 Å². The van der Waals surface area contributed by atoms with E-state index in [4.69, 9.17) is 10.5 Å². The molecule has 0 bridgehead atoms. The number of nitrogens with zero attached hydrogens (tertiary/aromatic N) is 2. The van der Waals surface area contributed by atoms with E-state index in [2.05, 4.69) is 9.97 Å². The monoisotopic (exact) mass is 547 g/mol. The lowest BCUT2D eigenvalue weighted by Gasteiger charge is -2.13. The maximum absolute atomic E-state index is 14.8. The van der Waals surface area contributed by atoms with E-state index in [0.717, 1.165) is 18.5 Å². The highest BCUT2D eigenvalue weighted by atomic mass is 32.2. The van der Waals surface area contributed by atoms with Crippen LogP contribution in [0.25, 0.3) is 22.2 Å². The molecule has 4 rings (SSSR count). The summed E-state index contributed by atoms with van der Waals surface area (Å²) >= 11 is 0. The molecule has 0 aliphatic heterocycles. The standard InChI is InChI=1S/C26H21F4N3O4S/c27-22-11-10-17(37-16-5-3-6-18(13-16)38(35,36)12-2-1-9-23(31)34)14-20(22)24-19-7-4-8-21(26(28,29)30)25(19)33-15-32-24/h3-8,10-11,13-15H,1-2,9,12H2,(H2,31,34). The van der Waals surface area contributed by atoms with Crippen molar-refractivity contribution in [3.8, 4) is 22.8 Å². The first kappa shape index (κ1) is 27.0. The van der Waals surface area contributed by atoms with Crippen molar-refractivity contribution >= 4 is 26.6 Å². The summed E-state index contributed by atoms with van der Waals surface area (Å²) in [6.45, 7) is 0. The predicted octanol–water partition coefficient (Wildman–Crippen LogP) is 5.68. The number of rotatable bonds is 9. The van der Waals surface area contributed by atoms with E-state index >= 15 is 0 Å². The second-order valence-electron chi connectivity index (χ2n) is 8.38. The number of sulfone groups is 1. The van der Waals surface area contributed by atoms with Gasteiger partial charge in [-0.25, -0.2) is 22.8 Å². The number of hydrogen-bond donors (Lipinski definition) is 1. The molecule has 0 spiro atoms. The summed E-state index contributed by atoms with van der Waals surface area (Å²) in [5, 5.41) is 0.00259. The molecule has 0 aliphatic rings. The molecule has 0 radical (unpaired) electrons. The van der Waals surface area contributed by atoms with E-state index in [0.29, 0.717) is 6.42 Å². The van der Waals surface area contributed by atoms with Gasteiger partial charge in [-0.1, -0.05) is 18.2 Å². The normalized spacial score (nSPS) is 12.0. The van der Waals surface area contributed by atoms with Crippen molar-refractivity contribution in [2.24, 2.45) is 5.73 Å². The molecule has 7 nitrogen and oxygen atoms in total. The summed E-state index contributed by atoms with van der Waals surface area (Å²) < 4.78 is 86.3. The minimum Gasteiger partial charge on any atom is -0.457 e. The summed E-state index contributed by atoms with van der Waals surface area (Å²) in [6.07, 6.45) is -3.06. The Balaban J connectivity index is 1.63. The lowest BCUT2D eigenvalue weighted by Crippen LogP contribution is -2.12. The Kier molecular flexibility index (Phi) is 7.63. The third-order valence-electron chi connectivity index (χ3n) is 5.65. The van der Waals surface area contributed by atoms with Crippen LogP contribution in [0.3, 0.4) is 0 Å². The molecule has 12 heteroatoms. The smallest absolute Gasteiger partial charge is 0.418 e. The lowest BCUT2D eigenvalue weighted by molar-refractivity contribution is -0.136. The summed E-state index contributed by atoms with van der Waals surface area (Å²) in [4.78, 5) is 18.6. The molecule has 0 fully saturated rings. The third-order valence-corrected chi connectivity index (χ3v) is 7.45. The first-order chi connectivity index (χ1) is 18.0. The van der Waals surface area contributed by atoms with Crippen LogP contribution in [-0.4, -0.2) is 30.0 Å². The molecule has 1 heterocycles. The summed E-state index contributed by atoms with van der Waals surface area (Å²) in [5.41, 5.74) is 3.55. The molecular weight excluding hydrogens is 526 g/mol. The second kappa shape index (κ2) is 10.7. The van der Waals surface area contributed by atoms with Crippen LogP contribution in [-0.2, 0) is 20.8 Å². The zero-order valence-corrected chi connectivity index (χ0v) is 20.5. The molecule has 1 amide bonds. The van der Waals surface area contributed by atoms with Gasteiger partial charge in [0.1, 0.15) is 23.6 Å². The van der Waals surface area contributed by atoms with Crippen LogP contribution in [0.5, 0.6) is 11.5 Å². The highest BCUT2D eigenvalue weighted by Crippen LogP contribution is 2.38. The number of carbonyl (C=O) groups is 1. The fourth-order valence-corrected chi connectivity index (χ4v) is 5.26. The van der Waals surface area contributed by atoms with E-state index in [1.165, 1.54) is 48.5 Å². The number of fused-ring (bicyclic) bond motifs is 1.